The Kier molecular flexibility index (Phi) is 3.32. The Morgan fingerprint density at radius 2 is 2.11 bits per heavy atom. The molecule has 0 aromatic heterocycles. The number of hydrogen-bond acceptors (Lipinski definition) is 3. The molecule has 0 aliphatic heterocycles. The van der Waals surface area contributed by atoms with Gasteiger partial charge in [0.1, 0.15) is 5.75 Å². The standard InChI is InChI=1S/C16H21NO2/c1-11-5-6-12(9-13(11)19-4)16(10-17)8-7-14(18)15(16,2)3/h5-6,9,14,18H,7-8H2,1-4H3/t14-,16+/m0/s1. The van der Waals surface area contributed by atoms with Crippen molar-refractivity contribution in [2.24, 2.45) is 5.41 Å². The van der Waals surface area contributed by atoms with E-state index < -0.39 is 16.9 Å². The molecule has 2 rings (SSSR count). The maximum Gasteiger partial charge on any atom is 0.122 e. The molecule has 0 spiro atoms. The van der Waals surface area contributed by atoms with E-state index in [2.05, 4.69) is 6.07 Å². The number of aliphatic hydroxyl groups is 1. The first-order valence-corrected chi connectivity index (χ1v) is 6.63. The third-order valence-electron chi connectivity index (χ3n) is 4.82. The second-order valence-corrected chi connectivity index (χ2v) is 5.98. The zero-order valence-corrected chi connectivity index (χ0v) is 12.0. The zero-order chi connectivity index (χ0) is 14.3. The summed E-state index contributed by atoms with van der Waals surface area (Å²) in [6.45, 7) is 5.93. The first-order chi connectivity index (χ1) is 8.89. The number of methoxy groups -OCH3 is 1. The van der Waals surface area contributed by atoms with Crippen molar-refractivity contribution in [2.45, 2.75) is 45.1 Å². The van der Waals surface area contributed by atoms with Crippen LogP contribution in [0.1, 0.15) is 37.8 Å². The Bertz CT molecular complexity index is 530. The molecule has 1 fully saturated rings. The van der Waals surface area contributed by atoms with Crippen molar-refractivity contribution in [1.82, 2.24) is 0 Å². The van der Waals surface area contributed by atoms with Crippen LogP contribution in [-0.2, 0) is 5.41 Å². The lowest BCUT2D eigenvalue weighted by molar-refractivity contribution is 0.0552. The van der Waals surface area contributed by atoms with Gasteiger partial charge in [-0.25, -0.2) is 0 Å². The van der Waals surface area contributed by atoms with Gasteiger partial charge < -0.3 is 9.84 Å². The molecule has 3 nitrogen and oxygen atoms in total. The van der Waals surface area contributed by atoms with Crippen molar-refractivity contribution in [2.75, 3.05) is 7.11 Å². The van der Waals surface area contributed by atoms with Crippen LogP contribution in [0, 0.1) is 23.7 Å². The highest BCUT2D eigenvalue weighted by atomic mass is 16.5. The van der Waals surface area contributed by atoms with Crippen molar-refractivity contribution < 1.29 is 9.84 Å². The molecule has 1 aliphatic rings. The molecule has 1 aromatic rings. The average molecular weight is 259 g/mol. The van der Waals surface area contributed by atoms with Gasteiger partial charge in [-0.2, -0.15) is 5.26 Å². The minimum Gasteiger partial charge on any atom is -0.496 e. The van der Waals surface area contributed by atoms with Crippen molar-refractivity contribution in [3.05, 3.63) is 29.3 Å². The summed E-state index contributed by atoms with van der Waals surface area (Å²) in [6.07, 6.45) is 0.903. The molecule has 1 N–H and O–H groups in total. The maximum atomic E-state index is 10.2. The molecule has 19 heavy (non-hydrogen) atoms. The number of benzene rings is 1. The second kappa shape index (κ2) is 4.54. The Balaban J connectivity index is 2.58. The number of nitriles is 1. The van der Waals surface area contributed by atoms with Crippen LogP contribution in [0.15, 0.2) is 18.2 Å². The lowest BCUT2D eigenvalue weighted by Crippen LogP contribution is -2.41. The van der Waals surface area contributed by atoms with Crippen molar-refractivity contribution in [3.8, 4) is 11.8 Å². The van der Waals surface area contributed by atoms with Gasteiger partial charge in [0.2, 0.25) is 0 Å². The number of aliphatic hydroxyl groups excluding tert-OH is 1. The highest BCUT2D eigenvalue weighted by molar-refractivity contribution is 5.45. The number of nitrogens with zero attached hydrogens (tertiary/aromatic N) is 1. The molecule has 0 amide bonds. The third kappa shape index (κ3) is 1.82. The Morgan fingerprint density at radius 3 is 2.58 bits per heavy atom. The quantitative estimate of drug-likeness (QED) is 0.888. The second-order valence-electron chi connectivity index (χ2n) is 5.98. The van der Waals surface area contributed by atoms with E-state index in [9.17, 15) is 10.4 Å². The van der Waals surface area contributed by atoms with Crippen molar-refractivity contribution in [1.29, 1.82) is 5.26 Å². The van der Waals surface area contributed by atoms with Gasteiger partial charge in [0.25, 0.3) is 0 Å². The largest absolute Gasteiger partial charge is 0.496 e. The minimum atomic E-state index is -0.645. The number of aryl methyl sites for hydroxylation is 1. The van der Waals surface area contributed by atoms with Gasteiger partial charge in [-0.05, 0) is 37.0 Å². The van der Waals surface area contributed by atoms with Crippen LogP contribution in [0.2, 0.25) is 0 Å². The van der Waals surface area contributed by atoms with Crippen molar-refractivity contribution in [3.63, 3.8) is 0 Å². The van der Waals surface area contributed by atoms with E-state index in [1.807, 2.05) is 39.0 Å². The molecule has 2 atom stereocenters. The van der Waals surface area contributed by atoms with Crippen molar-refractivity contribution >= 4 is 0 Å². The van der Waals surface area contributed by atoms with E-state index in [4.69, 9.17) is 4.74 Å². The molecule has 1 aromatic carbocycles. The van der Waals surface area contributed by atoms with Crippen LogP contribution < -0.4 is 4.74 Å². The van der Waals surface area contributed by atoms with Crippen LogP contribution in [0.4, 0.5) is 0 Å². The molecule has 1 aliphatic carbocycles. The topological polar surface area (TPSA) is 53.2 Å². The van der Waals surface area contributed by atoms with E-state index in [0.717, 1.165) is 16.9 Å². The average Bonchev–Trinajstić information content (AvgIpc) is 2.62. The van der Waals surface area contributed by atoms with E-state index >= 15 is 0 Å². The van der Waals surface area contributed by atoms with Crippen LogP contribution in [0.5, 0.6) is 5.75 Å². The van der Waals surface area contributed by atoms with Gasteiger partial charge in [-0.1, -0.05) is 26.0 Å². The van der Waals surface area contributed by atoms with Gasteiger partial charge in [-0.3, -0.25) is 0 Å². The van der Waals surface area contributed by atoms with Crippen LogP contribution in [0.3, 0.4) is 0 Å². The summed E-state index contributed by atoms with van der Waals surface area (Å²) in [5.74, 6) is 0.796. The molecule has 0 unspecified atom stereocenters. The fraction of sp³-hybridized carbons (Fsp3) is 0.562. The molecule has 0 radical (unpaired) electrons. The smallest absolute Gasteiger partial charge is 0.122 e. The molecule has 3 heteroatoms. The SMILES string of the molecule is COc1cc([C@]2(C#N)CC[C@H](O)C2(C)C)ccc1C. The highest BCUT2D eigenvalue weighted by Crippen LogP contribution is 2.54. The molecule has 0 saturated heterocycles. The summed E-state index contributed by atoms with van der Waals surface area (Å²) in [5, 5.41) is 19.9. The van der Waals surface area contributed by atoms with Crippen LogP contribution >= 0.6 is 0 Å². The molecule has 0 heterocycles. The van der Waals surface area contributed by atoms with Gasteiger partial charge in [0.15, 0.2) is 0 Å². The summed E-state index contributed by atoms with van der Waals surface area (Å²) in [6, 6.07) is 8.38. The summed E-state index contributed by atoms with van der Waals surface area (Å²) < 4.78 is 5.36. The van der Waals surface area contributed by atoms with Crippen LogP contribution in [0.25, 0.3) is 0 Å². The van der Waals surface area contributed by atoms with E-state index in [-0.39, 0.29) is 0 Å². The summed E-state index contributed by atoms with van der Waals surface area (Å²) in [7, 11) is 1.64. The van der Waals surface area contributed by atoms with E-state index in [1.54, 1.807) is 7.11 Å². The number of ether oxygens (including phenoxy) is 1. The summed E-state index contributed by atoms with van der Waals surface area (Å²) in [5.41, 5.74) is 0.893. The fourth-order valence-corrected chi connectivity index (χ4v) is 3.19. The van der Waals surface area contributed by atoms with Gasteiger partial charge in [-0.15, -0.1) is 0 Å². The molecule has 0 bridgehead atoms. The Labute approximate surface area is 114 Å². The molecular weight excluding hydrogens is 238 g/mol. The van der Waals surface area contributed by atoms with Gasteiger partial charge >= 0.3 is 0 Å². The summed E-state index contributed by atoms with van der Waals surface area (Å²) in [4.78, 5) is 0. The van der Waals surface area contributed by atoms with E-state index in [1.165, 1.54) is 0 Å². The van der Waals surface area contributed by atoms with Gasteiger partial charge in [0.05, 0.1) is 24.7 Å². The number of hydrogen-bond donors (Lipinski definition) is 1. The zero-order valence-electron chi connectivity index (χ0n) is 12.0. The Morgan fingerprint density at radius 1 is 1.42 bits per heavy atom. The van der Waals surface area contributed by atoms with E-state index in [0.29, 0.717) is 12.8 Å². The lowest BCUT2D eigenvalue weighted by atomic mass is 9.64. The lowest BCUT2D eigenvalue weighted by Gasteiger charge is -2.38. The monoisotopic (exact) mass is 259 g/mol. The Hall–Kier alpha value is -1.53. The highest BCUT2D eigenvalue weighted by Gasteiger charge is 2.55. The molecular formula is C16H21NO2. The normalized spacial score (nSPS) is 28.9. The minimum absolute atomic E-state index is 0.445. The molecule has 1 saturated carbocycles. The maximum absolute atomic E-state index is 10.2. The predicted molar refractivity (Wildman–Crippen MR) is 74.0 cm³/mol. The third-order valence-corrected chi connectivity index (χ3v) is 4.82. The molecule has 102 valence electrons. The predicted octanol–water partition coefficient (Wildman–Crippen LogP) is 2.95. The first-order valence-electron chi connectivity index (χ1n) is 6.63. The van der Waals surface area contributed by atoms with Gasteiger partial charge in [0, 0.05) is 5.41 Å². The fourth-order valence-electron chi connectivity index (χ4n) is 3.19. The number of rotatable bonds is 2. The van der Waals surface area contributed by atoms with Crippen LogP contribution in [-0.4, -0.2) is 18.3 Å². The summed E-state index contributed by atoms with van der Waals surface area (Å²) >= 11 is 0. The first kappa shape index (κ1) is 13.9.